The standard InChI is InChI=1S/C22H22FN3O/c1-13-18(20(26-27-13)14-7-5-4-6-8-14)21-19(22(2,3)12-24)16-11-15(23)9-10-17(16)25-21/h4-11,25H,12,24H2,1-3H3. The summed E-state index contributed by atoms with van der Waals surface area (Å²) in [6.07, 6.45) is 0. The van der Waals surface area contributed by atoms with Crippen LogP contribution in [0.3, 0.4) is 0 Å². The number of nitrogens with one attached hydrogen (secondary N) is 1. The van der Waals surface area contributed by atoms with Crippen LogP contribution in [0.1, 0.15) is 25.2 Å². The third-order valence-corrected chi connectivity index (χ3v) is 5.11. The highest BCUT2D eigenvalue weighted by Crippen LogP contribution is 2.43. The monoisotopic (exact) mass is 363 g/mol. The van der Waals surface area contributed by atoms with Gasteiger partial charge < -0.3 is 15.2 Å². The van der Waals surface area contributed by atoms with Crippen molar-refractivity contribution in [1.82, 2.24) is 10.1 Å². The van der Waals surface area contributed by atoms with Crippen LogP contribution in [0.25, 0.3) is 33.4 Å². The minimum atomic E-state index is -0.362. The van der Waals surface area contributed by atoms with Crippen LogP contribution in [0.5, 0.6) is 0 Å². The number of nitrogens with two attached hydrogens (primary N) is 1. The highest BCUT2D eigenvalue weighted by Gasteiger charge is 2.30. The molecule has 5 heteroatoms. The van der Waals surface area contributed by atoms with Crippen molar-refractivity contribution >= 4 is 10.9 Å². The van der Waals surface area contributed by atoms with Crippen LogP contribution in [0.2, 0.25) is 0 Å². The van der Waals surface area contributed by atoms with Gasteiger partial charge in [-0.2, -0.15) is 0 Å². The SMILES string of the molecule is Cc1onc(-c2ccccc2)c1-c1[nH]c2ccc(F)cc2c1C(C)(C)CN. The van der Waals surface area contributed by atoms with E-state index in [-0.39, 0.29) is 11.2 Å². The lowest BCUT2D eigenvalue weighted by molar-refractivity contribution is 0.400. The fraction of sp³-hybridized carbons (Fsp3) is 0.227. The van der Waals surface area contributed by atoms with Gasteiger partial charge in [0.25, 0.3) is 0 Å². The Morgan fingerprint density at radius 2 is 1.89 bits per heavy atom. The van der Waals surface area contributed by atoms with Crippen molar-refractivity contribution in [2.24, 2.45) is 5.73 Å². The summed E-state index contributed by atoms with van der Waals surface area (Å²) in [6, 6.07) is 14.7. The number of rotatable bonds is 4. The van der Waals surface area contributed by atoms with Crippen LogP contribution >= 0.6 is 0 Å². The van der Waals surface area contributed by atoms with Gasteiger partial charge in [0.2, 0.25) is 0 Å². The molecule has 0 aliphatic heterocycles. The summed E-state index contributed by atoms with van der Waals surface area (Å²) in [4.78, 5) is 3.46. The molecule has 27 heavy (non-hydrogen) atoms. The van der Waals surface area contributed by atoms with E-state index in [1.807, 2.05) is 37.3 Å². The molecule has 0 fully saturated rings. The molecule has 0 atom stereocenters. The third-order valence-electron chi connectivity index (χ3n) is 5.11. The van der Waals surface area contributed by atoms with Crippen molar-refractivity contribution in [3.05, 3.63) is 65.7 Å². The maximum absolute atomic E-state index is 14.0. The number of hydrogen-bond acceptors (Lipinski definition) is 3. The minimum Gasteiger partial charge on any atom is -0.360 e. The lowest BCUT2D eigenvalue weighted by Gasteiger charge is -2.24. The summed E-state index contributed by atoms with van der Waals surface area (Å²) < 4.78 is 19.6. The van der Waals surface area contributed by atoms with Gasteiger partial charge >= 0.3 is 0 Å². The summed E-state index contributed by atoms with van der Waals surface area (Å²) in [5.41, 5.74) is 11.0. The molecule has 0 aliphatic rings. The van der Waals surface area contributed by atoms with E-state index in [2.05, 4.69) is 24.0 Å². The van der Waals surface area contributed by atoms with E-state index >= 15 is 0 Å². The minimum absolute atomic E-state index is 0.271. The second kappa shape index (κ2) is 6.35. The summed E-state index contributed by atoms with van der Waals surface area (Å²) in [5.74, 6) is 0.433. The average molecular weight is 363 g/mol. The lowest BCUT2D eigenvalue weighted by atomic mass is 9.81. The van der Waals surface area contributed by atoms with Gasteiger partial charge in [0.15, 0.2) is 0 Å². The number of nitrogens with zero attached hydrogens (tertiary/aromatic N) is 1. The Morgan fingerprint density at radius 3 is 2.59 bits per heavy atom. The number of fused-ring (bicyclic) bond motifs is 1. The highest BCUT2D eigenvalue weighted by atomic mass is 19.1. The molecule has 2 heterocycles. The number of aromatic nitrogens is 2. The van der Waals surface area contributed by atoms with Gasteiger partial charge in [0, 0.05) is 28.4 Å². The van der Waals surface area contributed by atoms with E-state index in [4.69, 9.17) is 10.3 Å². The predicted molar refractivity (Wildman–Crippen MR) is 106 cm³/mol. The molecule has 0 spiro atoms. The van der Waals surface area contributed by atoms with E-state index in [0.717, 1.165) is 39.0 Å². The highest BCUT2D eigenvalue weighted by molar-refractivity contribution is 5.95. The van der Waals surface area contributed by atoms with Crippen molar-refractivity contribution < 1.29 is 8.91 Å². The van der Waals surface area contributed by atoms with Gasteiger partial charge in [-0.1, -0.05) is 49.3 Å². The molecule has 2 aromatic carbocycles. The van der Waals surface area contributed by atoms with E-state index in [9.17, 15) is 4.39 Å². The Labute approximate surface area is 157 Å². The number of H-pyrrole nitrogens is 1. The molecule has 0 radical (unpaired) electrons. The first-order valence-corrected chi connectivity index (χ1v) is 8.96. The van der Waals surface area contributed by atoms with Gasteiger partial charge in [-0.25, -0.2) is 4.39 Å². The zero-order chi connectivity index (χ0) is 19.2. The van der Waals surface area contributed by atoms with Gasteiger partial charge in [-0.05, 0) is 30.7 Å². The zero-order valence-corrected chi connectivity index (χ0v) is 15.6. The number of hydrogen-bond donors (Lipinski definition) is 2. The van der Waals surface area contributed by atoms with Crippen LogP contribution in [0.4, 0.5) is 4.39 Å². The fourth-order valence-electron chi connectivity index (χ4n) is 3.62. The molecule has 0 bridgehead atoms. The molecule has 0 unspecified atom stereocenters. The van der Waals surface area contributed by atoms with E-state index in [1.54, 1.807) is 12.1 Å². The second-order valence-electron chi connectivity index (χ2n) is 7.48. The molecule has 0 saturated carbocycles. The maximum atomic E-state index is 14.0. The van der Waals surface area contributed by atoms with Crippen molar-refractivity contribution in [3.63, 3.8) is 0 Å². The maximum Gasteiger partial charge on any atom is 0.143 e. The summed E-state index contributed by atoms with van der Waals surface area (Å²) in [5, 5.41) is 5.13. The molecule has 0 amide bonds. The van der Waals surface area contributed by atoms with E-state index in [1.165, 1.54) is 6.07 Å². The molecule has 3 N–H and O–H groups in total. The fourth-order valence-corrected chi connectivity index (χ4v) is 3.62. The van der Waals surface area contributed by atoms with Crippen molar-refractivity contribution in [2.45, 2.75) is 26.2 Å². The van der Waals surface area contributed by atoms with Crippen molar-refractivity contribution in [1.29, 1.82) is 0 Å². The first-order valence-electron chi connectivity index (χ1n) is 8.96. The van der Waals surface area contributed by atoms with E-state index < -0.39 is 0 Å². The topological polar surface area (TPSA) is 67.8 Å². The lowest BCUT2D eigenvalue weighted by Crippen LogP contribution is -2.28. The van der Waals surface area contributed by atoms with Crippen LogP contribution in [-0.2, 0) is 5.41 Å². The molecule has 4 nitrogen and oxygen atoms in total. The molecule has 0 saturated heterocycles. The van der Waals surface area contributed by atoms with Gasteiger partial charge in [0.05, 0.1) is 11.3 Å². The van der Waals surface area contributed by atoms with Crippen LogP contribution in [-0.4, -0.2) is 16.7 Å². The quantitative estimate of drug-likeness (QED) is 0.525. The number of aromatic amines is 1. The molecule has 138 valence electrons. The first-order chi connectivity index (χ1) is 12.9. The molecule has 4 aromatic rings. The smallest absolute Gasteiger partial charge is 0.143 e. The van der Waals surface area contributed by atoms with E-state index in [0.29, 0.717) is 12.3 Å². The van der Waals surface area contributed by atoms with Crippen LogP contribution < -0.4 is 5.73 Å². The van der Waals surface area contributed by atoms with Gasteiger partial charge in [-0.15, -0.1) is 0 Å². The summed E-state index contributed by atoms with van der Waals surface area (Å²) in [6.45, 7) is 6.44. The zero-order valence-electron chi connectivity index (χ0n) is 15.6. The Bertz CT molecular complexity index is 1110. The first kappa shape index (κ1) is 17.5. The average Bonchev–Trinajstić information content (AvgIpc) is 3.22. The predicted octanol–water partition coefficient (Wildman–Crippen LogP) is 5.17. The number of aryl methyl sites for hydroxylation is 1. The number of benzene rings is 2. The Kier molecular flexibility index (Phi) is 4.12. The van der Waals surface area contributed by atoms with Gasteiger partial charge in [-0.3, -0.25) is 0 Å². The second-order valence-corrected chi connectivity index (χ2v) is 7.48. The van der Waals surface area contributed by atoms with Gasteiger partial charge in [0.1, 0.15) is 17.3 Å². The number of halogens is 1. The largest absolute Gasteiger partial charge is 0.360 e. The Balaban J connectivity index is 2.07. The normalized spacial score (nSPS) is 12.0. The summed E-state index contributed by atoms with van der Waals surface area (Å²) in [7, 11) is 0. The Hall–Kier alpha value is -2.92. The Morgan fingerprint density at radius 1 is 1.15 bits per heavy atom. The van der Waals surface area contributed by atoms with Crippen LogP contribution in [0, 0.1) is 12.7 Å². The van der Waals surface area contributed by atoms with Crippen molar-refractivity contribution in [2.75, 3.05) is 6.54 Å². The van der Waals surface area contributed by atoms with Crippen LogP contribution in [0.15, 0.2) is 53.1 Å². The molecular weight excluding hydrogens is 341 g/mol. The molecule has 2 aromatic heterocycles. The van der Waals surface area contributed by atoms with Crippen molar-refractivity contribution in [3.8, 4) is 22.5 Å². The molecule has 0 aliphatic carbocycles. The molecular formula is C22H22FN3O. The third kappa shape index (κ3) is 2.84. The summed E-state index contributed by atoms with van der Waals surface area (Å²) >= 11 is 0. The molecule has 4 rings (SSSR count).